The van der Waals surface area contributed by atoms with Crippen LogP contribution in [0, 0.1) is 0 Å². The molecule has 0 bridgehead atoms. The molecule has 96 valence electrons. The first-order valence-electron chi connectivity index (χ1n) is 3.87. The molecule has 0 spiro atoms. The number of aromatic nitrogens is 1. The fraction of sp³-hybridized carbons (Fsp3) is 0.286. The van der Waals surface area contributed by atoms with Crippen LogP contribution >= 0.6 is 11.6 Å². The van der Waals surface area contributed by atoms with E-state index in [1.165, 1.54) is 0 Å². The third-order valence-corrected chi connectivity index (χ3v) is 1.95. The van der Waals surface area contributed by atoms with Crippen LogP contribution in [-0.4, -0.2) is 26.0 Å². The maximum Gasteiger partial charge on any atom is 0.573 e. The van der Waals surface area contributed by atoms with Gasteiger partial charge < -0.3 is 8.92 Å². The molecule has 0 radical (unpaired) electrons. The summed E-state index contributed by atoms with van der Waals surface area (Å²) in [4.78, 5) is 3.32. The van der Waals surface area contributed by atoms with Crippen LogP contribution in [0.1, 0.15) is 0 Å². The molecule has 17 heavy (non-hydrogen) atoms. The third kappa shape index (κ3) is 5.09. The van der Waals surface area contributed by atoms with Gasteiger partial charge in [-0.05, 0) is 0 Å². The summed E-state index contributed by atoms with van der Waals surface area (Å²) in [5.41, 5.74) is 0. The number of nitrogens with zero attached hydrogens (tertiary/aromatic N) is 1. The molecule has 5 nitrogen and oxygen atoms in total. The van der Waals surface area contributed by atoms with Crippen molar-refractivity contribution >= 4 is 21.7 Å². The summed E-state index contributed by atoms with van der Waals surface area (Å²) < 4.78 is 65.3. The topological polar surface area (TPSA) is 65.5 Å². The van der Waals surface area contributed by atoms with Crippen molar-refractivity contribution in [1.82, 2.24) is 4.98 Å². The Morgan fingerprint density at radius 3 is 2.41 bits per heavy atom. The quantitative estimate of drug-likeness (QED) is 0.629. The van der Waals surface area contributed by atoms with Gasteiger partial charge in [-0.3, -0.25) is 0 Å². The summed E-state index contributed by atoms with van der Waals surface area (Å²) in [5, 5.41) is -0.238. The Morgan fingerprint density at radius 1 is 1.35 bits per heavy atom. The molecule has 0 N–H and O–H groups in total. The van der Waals surface area contributed by atoms with Gasteiger partial charge in [0.25, 0.3) is 0 Å². The number of hydrogen-bond acceptors (Lipinski definition) is 5. The fourth-order valence-electron chi connectivity index (χ4n) is 0.830. The van der Waals surface area contributed by atoms with Gasteiger partial charge in [0.15, 0.2) is 11.5 Å². The van der Waals surface area contributed by atoms with E-state index in [0.29, 0.717) is 12.5 Å². The van der Waals surface area contributed by atoms with Gasteiger partial charge in [-0.2, -0.15) is 8.42 Å². The number of pyridine rings is 1. The smallest absolute Gasteiger partial charge is 0.400 e. The second-order valence-corrected chi connectivity index (χ2v) is 4.75. The van der Waals surface area contributed by atoms with Gasteiger partial charge in [-0.1, -0.05) is 11.6 Å². The molecule has 1 rings (SSSR count). The van der Waals surface area contributed by atoms with E-state index in [-0.39, 0.29) is 5.15 Å². The molecular formula is C7H5ClF3NO4S. The predicted octanol–water partition coefficient (Wildman–Crippen LogP) is 1.97. The van der Waals surface area contributed by atoms with E-state index >= 15 is 0 Å². The van der Waals surface area contributed by atoms with Crippen molar-refractivity contribution in [2.75, 3.05) is 6.26 Å². The Balaban J connectivity index is 3.13. The summed E-state index contributed by atoms with van der Waals surface area (Å²) in [6.45, 7) is 0. The van der Waals surface area contributed by atoms with Gasteiger partial charge in [-0.15, -0.1) is 13.2 Å². The molecule has 0 aliphatic rings. The lowest BCUT2D eigenvalue weighted by molar-refractivity contribution is -0.275. The minimum absolute atomic E-state index is 0.238. The lowest BCUT2D eigenvalue weighted by atomic mass is 10.4. The lowest BCUT2D eigenvalue weighted by Gasteiger charge is -2.12. The first-order chi connectivity index (χ1) is 7.57. The Kier molecular flexibility index (Phi) is 3.72. The molecule has 0 saturated carbocycles. The monoisotopic (exact) mass is 291 g/mol. The van der Waals surface area contributed by atoms with E-state index < -0.39 is 28.0 Å². The highest BCUT2D eigenvalue weighted by Crippen LogP contribution is 2.33. The van der Waals surface area contributed by atoms with E-state index in [1.807, 2.05) is 0 Å². The molecule has 0 aliphatic heterocycles. The van der Waals surface area contributed by atoms with Gasteiger partial charge in [-0.25, -0.2) is 4.98 Å². The third-order valence-electron chi connectivity index (χ3n) is 1.27. The molecule has 1 heterocycles. The largest absolute Gasteiger partial charge is 0.573 e. The highest BCUT2D eigenvalue weighted by molar-refractivity contribution is 7.86. The van der Waals surface area contributed by atoms with E-state index in [2.05, 4.69) is 13.9 Å². The molecule has 0 unspecified atom stereocenters. The Bertz CT molecular complexity index is 516. The molecule has 0 amide bonds. The van der Waals surface area contributed by atoms with Crippen molar-refractivity contribution in [3.63, 3.8) is 0 Å². The van der Waals surface area contributed by atoms with Crippen LogP contribution in [0.4, 0.5) is 13.2 Å². The van der Waals surface area contributed by atoms with Crippen molar-refractivity contribution < 1.29 is 30.5 Å². The van der Waals surface area contributed by atoms with Crippen molar-refractivity contribution in [2.24, 2.45) is 0 Å². The maximum absolute atomic E-state index is 12.0. The zero-order chi connectivity index (χ0) is 13.3. The number of ether oxygens (including phenoxy) is 1. The lowest BCUT2D eigenvalue weighted by Crippen LogP contribution is -2.18. The SMILES string of the molecule is CS(=O)(=O)Oc1cc(Cl)ncc1OC(F)(F)F. The first kappa shape index (κ1) is 13.8. The van der Waals surface area contributed by atoms with Crippen LogP contribution in [0.5, 0.6) is 11.5 Å². The van der Waals surface area contributed by atoms with Crippen molar-refractivity contribution in [1.29, 1.82) is 0 Å². The van der Waals surface area contributed by atoms with E-state index in [4.69, 9.17) is 11.6 Å². The van der Waals surface area contributed by atoms with Crippen molar-refractivity contribution in [3.8, 4) is 11.5 Å². The number of rotatable bonds is 3. The van der Waals surface area contributed by atoms with E-state index in [9.17, 15) is 21.6 Å². The predicted molar refractivity (Wildman–Crippen MR) is 51.4 cm³/mol. The molecule has 10 heteroatoms. The second kappa shape index (κ2) is 4.57. The summed E-state index contributed by atoms with van der Waals surface area (Å²) >= 11 is 5.39. The number of hydrogen-bond donors (Lipinski definition) is 0. The number of halogens is 4. The number of alkyl halides is 3. The molecule has 0 saturated heterocycles. The van der Waals surface area contributed by atoms with E-state index in [1.54, 1.807) is 0 Å². The average Bonchev–Trinajstić information content (AvgIpc) is 2.05. The highest BCUT2D eigenvalue weighted by Gasteiger charge is 2.33. The average molecular weight is 292 g/mol. The van der Waals surface area contributed by atoms with Crippen LogP contribution in [0.3, 0.4) is 0 Å². The zero-order valence-electron chi connectivity index (χ0n) is 8.16. The summed E-state index contributed by atoms with van der Waals surface area (Å²) in [6.07, 6.45) is -3.72. The van der Waals surface area contributed by atoms with Gasteiger partial charge in [0.05, 0.1) is 12.5 Å². The van der Waals surface area contributed by atoms with Crippen LogP contribution in [0.25, 0.3) is 0 Å². The standard InChI is InChI=1S/C7H5ClF3NO4S/c1-17(13,14)16-4-2-6(8)12-3-5(4)15-7(9,10)11/h2-3H,1H3. The summed E-state index contributed by atoms with van der Waals surface area (Å²) in [6, 6.07) is 0.795. The van der Waals surface area contributed by atoms with Gasteiger partial charge >= 0.3 is 16.5 Å². The first-order valence-corrected chi connectivity index (χ1v) is 6.07. The van der Waals surface area contributed by atoms with E-state index in [0.717, 1.165) is 6.07 Å². The summed E-state index contributed by atoms with van der Waals surface area (Å²) in [7, 11) is -4.01. The van der Waals surface area contributed by atoms with Crippen molar-refractivity contribution in [2.45, 2.75) is 6.36 Å². The molecule has 0 aromatic carbocycles. The zero-order valence-corrected chi connectivity index (χ0v) is 9.73. The normalized spacial score (nSPS) is 12.3. The maximum atomic E-state index is 12.0. The van der Waals surface area contributed by atoms with Crippen LogP contribution < -0.4 is 8.92 Å². The Labute approximate surface area is 99.2 Å². The van der Waals surface area contributed by atoms with Gasteiger partial charge in [0, 0.05) is 6.07 Å². The highest BCUT2D eigenvalue weighted by atomic mass is 35.5. The van der Waals surface area contributed by atoms with Gasteiger partial charge in [0.1, 0.15) is 5.15 Å². The molecule has 0 fully saturated rings. The minimum Gasteiger partial charge on any atom is -0.400 e. The minimum atomic E-state index is -4.99. The molecule has 1 aromatic heterocycles. The molecule has 1 aromatic rings. The molecular weight excluding hydrogens is 287 g/mol. The van der Waals surface area contributed by atoms with Crippen LogP contribution in [0.2, 0.25) is 5.15 Å². The molecule has 0 atom stereocenters. The Hall–Kier alpha value is -1.22. The van der Waals surface area contributed by atoms with Gasteiger partial charge in [0.2, 0.25) is 0 Å². The summed E-state index contributed by atoms with van der Waals surface area (Å²) in [5.74, 6) is -1.59. The molecule has 0 aliphatic carbocycles. The van der Waals surface area contributed by atoms with Crippen LogP contribution in [0.15, 0.2) is 12.3 Å². The fourth-order valence-corrected chi connectivity index (χ4v) is 1.43. The second-order valence-electron chi connectivity index (χ2n) is 2.79. The van der Waals surface area contributed by atoms with Crippen molar-refractivity contribution in [3.05, 3.63) is 17.4 Å². The Morgan fingerprint density at radius 2 is 1.94 bits per heavy atom. The van der Waals surface area contributed by atoms with Crippen LogP contribution in [-0.2, 0) is 10.1 Å².